The number of phenolic OH excluding ortho intramolecular Hbond substituents is 1. The Morgan fingerprint density at radius 2 is 1.85 bits per heavy atom. The van der Waals surface area contributed by atoms with Crippen LogP contribution in [0.25, 0.3) is 32.9 Å². The predicted octanol–water partition coefficient (Wildman–Crippen LogP) is 5.08. The summed E-state index contributed by atoms with van der Waals surface area (Å²) in [5.41, 5.74) is 4.42. The summed E-state index contributed by atoms with van der Waals surface area (Å²) < 4.78 is 2.10. The minimum absolute atomic E-state index is 0.104. The van der Waals surface area contributed by atoms with Crippen LogP contribution in [-0.2, 0) is 13.1 Å². The van der Waals surface area contributed by atoms with Crippen molar-refractivity contribution in [2.24, 2.45) is 0 Å². The molecule has 2 heterocycles. The van der Waals surface area contributed by atoms with E-state index >= 15 is 0 Å². The van der Waals surface area contributed by atoms with Crippen molar-refractivity contribution in [2.75, 3.05) is 0 Å². The van der Waals surface area contributed by atoms with Crippen LogP contribution in [0.2, 0.25) is 5.02 Å². The lowest BCUT2D eigenvalue weighted by Crippen LogP contribution is -2.13. The van der Waals surface area contributed by atoms with Gasteiger partial charge < -0.3 is 15.0 Å². The van der Waals surface area contributed by atoms with E-state index in [1.165, 1.54) is 0 Å². The third kappa shape index (κ3) is 2.07. The number of amides is 1. The number of carbonyl (C=O) groups excluding carboxylic acids is 1. The number of aromatic hydroxyl groups is 1. The molecule has 1 aromatic heterocycles. The Kier molecular flexibility index (Phi) is 3.46. The number of fused-ring (bicyclic) bond motifs is 5. The lowest BCUT2D eigenvalue weighted by atomic mass is 9.92. The second-order valence-corrected chi connectivity index (χ2v) is 7.13. The second kappa shape index (κ2) is 5.76. The maximum Gasteiger partial charge on any atom is 0.252 e. The largest absolute Gasteiger partial charge is 0.505 e. The molecular formula is C22H17ClN2O2. The van der Waals surface area contributed by atoms with Crippen LogP contribution in [0.5, 0.6) is 5.75 Å². The first-order valence-corrected chi connectivity index (χ1v) is 9.33. The van der Waals surface area contributed by atoms with Crippen molar-refractivity contribution in [3.63, 3.8) is 0 Å². The Hall–Kier alpha value is -2.98. The van der Waals surface area contributed by atoms with Crippen molar-refractivity contribution in [3.8, 4) is 16.9 Å². The third-order valence-electron chi connectivity index (χ3n) is 5.40. The molecule has 0 atom stereocenters. The minimum Gasteiger partial charge on any atom is -0.505 e. The Bertz CT molecular complexity index is 1260. The first-order valence-electron chi connectivity index (χ1n) is 8.95. The summed E-state index contributed by atoms with van der Waals surface area (Å²) in [6, 6.07) is 15.4. The zero-order chi connectivity index (χ0) is 18.7. The lowest BCUT2D eigenvalue weighted by Gasteiger charge is -2.15. The number of phenols is 1. The SMILES string of the molecule is CCn1c2ccccc2c2c3c(c(-c4ccccc4Cl)c(O)c21)C(=O)NC3. The molecule has 0 spiro atoms. The van der Waals surface area contributed by atoms with Crippen molar-refractivity contribution < 1.29 is 9.90 Å². The molecule has 0 fully saturated rings. The fourth-order valence-electron chi connectivity index (χ4n) is 4.31. The van der Waals surface area contributed by atoms with Crippen LogP contribution < -0.4 is 5.32 Å². The average molecular weight is 377 g/mol. The van der Waals surface area contributed by atoms with Crippen LogP contribution in [0, 0.1) is 0 Å². The van der Waals surface area contributed by atoms with E-state index < -0.39 is 0 Å². The molecule has 4 nitrogen and oxygen atoms in total. The molecule has 4 aromatic rings. The highest BCUT2D eigenvalue weighted by Crippen LogP contribution is 2.48. The fourth-order valence-corrected chi connectivity index (χ4v) is 4.54. The van der Waals surface area contributed by atoms with Crippen LogP contribution in [0.3, 0.4) is 0 Å². The Balaban J connectivity index is 2.06. The van der Waals surface area contributed by atoms with E-state index in [0.717, 1.165) is 27.4 Å². The van der Waals surface area contributed by atoms with Gasteiger partial charge in [0, 0.05) is 45.5 Å². The minimum atomic E-state index is -0.176. The summed E-state index contributed by atoms with van der Waals surface area (Å²) in [4.78, 5) is 12.7. The first-order chi connectivity index (χ1) is 13.1. The molecule has 0 unspecified atom stereocenters. The number of hydrogen-bond acceptors (Lipinski definition) is 2. The fraction of sp³-hybridized carbons (Fsp3) is 0.136. The molecular weight excluding hydrogens is 360 g/mol. The molecule has 27 heavy (non-hydrogen) atoms. The average Bonchev–Trinajstić information content (AvgIpc) is 3.22. The number of aromatic nitrogens is 1. The van der Waals surface area contributed by atoms with E-state index in [-0.39, 0.29) is 11.7 Å². The maximum absolute atomic E-state index is 12.7. The number of rotatable bonds is 2. The van der Waals surface area contributed by atoms with Gasteiger partial charge in [-0.25, -0.2) is 0 Å². The zero-order valence-electron chi connectivity index (χ0n) is 14.7. The highest BCUT2D eigenvalue weighted by molar-refractivity contribution is 6.34. The molecule has 0 saturated carbocycles. The first kappa shape index (κ1) is 16.2. The van der Waals surface area contributed by atoms with Crippen molar-refractivity contribution in [1.29, 1.82) is 0 Å². The molecule has 5 heteroatoms. The number of nitrogens with one attached hydrogen (secondary N) is 1. The van der Waals surface area contributed by atoms with Gasteiger partial charge in [-0.05, 0) is 24.6 Å². The van der Waals surface area contributed by atoms with E-state index in [9.17, 15) is 9.90 Å². The smallest absolute Gasteiger partial charge is 0.252 e. The molecule has 1 amide bonds. The van der Waals surface area contributed by atoms with Crippen LogP contribution in [0.4, 0.5) is 0 Å². The van der Waals surface area contributed by atoms with Gasteiger partial charge >= 0.3 is 0 Å². The number of nitrogens with zero attached hydrogens (tertiary/aromatic N) is 1. The topological polar surface area (TPSA) is 54.3 Å². The van der Waals surface area contributed by atoms with E-state index in [0.29, 0.717) is 34.8 Å². The quantitative estimate of drug-likeness (QED) is 0.512. The van der Waals surface area contributed by atoms with Crippen LogP contribution >= 0.6 is 11.6 Å². The highest BCUT2D eigenvalue weighted by atomic mass is 35.5. The Labute approximate surface area is 161 Å². The maximum atomic E-state index is 12.7. The van der Waals surface area contributed by atoms with Gasteiger partial charge in [0.2, 0.25) is 0 Å². The monoisotopic (exact) mass is 376 g/mol. The van der Waals surface area contributed by atoms with E-state index in [2.05, 4.69) is 16.8 Å². The number of halogens is 1. The number of aryl methyl sites for hydroxylation is 1. The molecule has 1 aliphatic heterocycles. The predicted molar refractivity (Wildman–Crippen MR) is 108 cm³/mol. The van der Waals surface area contributed by atoms with Gasteiger partial charge in [0.05, 0.1) is 11.1 Å². The molecule has 2 N–H and O–H groups in total. The summed E-state index contributed by atoms with van der Waals surface area (Å²) in [5.74, 6) is -0.0719. The number of benzene rings is 3. The summed E-state index contributed by atoms with van der Waals surface area (Å²) in [7, 11) is 0. The molecule has 134 valence electrons. The number of hydrogen-bond donors (Lipinski definition) is 2. The lowest BCUT2D eigenvalue weighted by molar-refractivity contribution is 0.0966. The molecule has 5 rings (SSSR count). The summed E-state index contributed by atoms with van der Waals surface area (Å²) in [5, 5.41) is 16.8. The van der Waals surface area contributed by atoms with Crippen molar-refractivity contribution in [2.45, 2.75) is 20.0 Å². The van der Waals surface area contributed by atoms with Gasteiger partial charge in [0.25, 0.3) is 5.91 Å². The van der Waals surface area contributed by atoms with E-state index in [1.807, 2.05) is 42.5 Å². The van der Waals surface area contributed by atoms with Crippen molar-refractivity contribution >= 4 is 39.3 Å². The van der Waals surface area contributed by atoms with E-state index in [1.54, 1.807) is 6.07 Å². The summed E-state index contributed by atoms with van der Waals surface area (Å²) >= 11 is 6.43. The van der Waals surface area contributed by atoms with Gasteiger partial charge in [-0.2, -0.15) is 0 Å². The van der Waals surface area contributed by atoms with Gasteiger partial charge in [-0.15, -0.1) is 0 Å². The molecule has 3 aromatic carbocycles. The Morgan fingerprint density at radius 3 is 2.63 bits per heavy atom. The third-order valence-corrected chi connectivity index (χ3v) is 5.73. The molecule has 0 radical (unpaired) electrons. The number of para-hydroxylation sites is 1. The van der Waals surface area contributed by atoms with Gasteiger partial charge in [-0.1, -0.05) is 48.0 Å². The van der Waals surface area contributed by atoms with Crippen LogP contribution in [0.1, 0.15) is 22.8 Å². The normalized spacial score (nSPS) is 13.3. The molecule has 0 saturated heterocycles. The number of carbonyl (C=O) groups is 1. The second-order valence-electron chi connectivity index (χ2n) is 6.72. The van der Waals surface area contributed by atoms with E-state index in [4.69, 9.17) is 11.6 Å². The van der Waals surface area contributed by atoms with Crippen LogP contribution in [0.15, 0.2) is 48.5 Å². The molecule has 0 bridgehead atoms. The Morgan fingerprint density at radius 1 is 1.11 bits per heavy atom. The van der Waals surface area contributed by atoms with Gasteiger partial charge in [-0.3, -0.25) is 4.79 Å². The summed E-state index contributed by atoms with van der Waals surface area (Å²) in [6.45, 7) is 3.21. The summed E-state index contributed by atoms with van der Waals surface area (Å²) in [6.07, 6.45) is 0. The molecule has 0 aliphatic carbocycles. The molecule has 1 aliphatic rings. The van der Waals surface area contributed by atoms with Crippen LogP contribution in [-0.4, -0.2) is 15.6 Å². The standard InChI is InChI=1S/C22H17ClN2O2/c1-2-25-16-10-6-4-8-13(16)17-14-11-24-22(27)19(14)18(21(26)20(17)25)12-7-3-5-9-15(12)23/h3-10,26H,2,11H2,1H3,(H,24,27). The zero-order valence-corrected chi connectivity index (χ0v) is 15.5. The highest BCUT2D eigenvalue weighted by Gasteiger charge is 2.32. The van der Waals surface area contributed by atoms with Crippen molar-refractivity contribution in [3.05, 3.63) is 64.7 Å². The van der Waals surface area contributed by atoms with Crippen molar-refractivity contribution in [1.82, 2.24) is 9.88 Å². The van der Waals surface area contributed by atoms with Gasteiger partial charge in [0.15, 0.2) is 0 Å². The van der Waals surface area contributed by atoms with Gasteiger partial charge in [0.1, 0.15) is 5.75 Å².